The Morgan fingerprint density at radius 2 is 1.93 bits per heavy atom. The summed E-state index contributed by atoms with van der Waals surface area (Å²) in [6.45, 7) is 10.9. The molecule has 0 spiro atoms. The molecule has 2 atom stereocenters. The van der Waals surface area contributed by atoms with Gasteiger partial charge in [-0.2, -0.15) is 0 Å². The largest absolute Gasteiger partial charge is 0.303 e. The summed E-state index contributed by atoms with van der Waals surface area (Å²) in [5.41, 5.74) is 0.546. The van der Waals surface area contributed by atoms with Crippen molar-refractivity contribution >= 4 is 0 Å². The lowest BCUT2D eigenvalue weighted by atomic mass is 9.79. The molecule has 1 saturated heterocycles. The van der Waals surface area contributed by atoms with Crippen molar-refractivity contribution in [3.63, 3.8) is 0 Å². The van der Waals surface area contributed by atoms with Crippen LogP contribution < -0.4 is 0 Å². The maximum atomic E-state index is 2.55. The monoisotopic (exact) mass is 197 g/mol. The molecule has 84 valence electrons. The van der Waals surface area contributed by atoms with Crippen molar-refractivity contribution in [2.75, 3.05) is 13.6 Å². The first-order valence-electron chi connectivity index (χ1n) is 6.15. The van der Waals surface area contributed by atoms with Crippen LogP contribution in [0.2, 0.25) is 0 Å². The standard InChI is InChI=1S/C13H27N/c1-6-7-12-9-13(3,4)8-11(2)14(5)10-12/h11-12H,6-10H2,1-5H3. The van der Waals surface area contributed by atoms with Gasteiger partial charge < -0.3 is 4.90 Å². The minimum atomic E-state index is 0.546. The van der Waals surface area contributed by atoms with Gasteiger partial charge in [-0.1, -0.05) is 27.2 Å². The SMILES string of the molecule is CCCC1CN(C)C(C)CC(C)(C)C1. The van der Waals surface area contributed by atoms with Gasteiger partial charge in [-0.3, -0.25) is 0 Å². The predicted octanol–water partition coefficient (Wildman–Crippen LogP) is 3.54. The van der Waals surface area contributed by atoms with Crippen molar-refractivity contribution < 1.29 is 0 Å². The molecule has 0 saturated carbocycles. The van der Waals surface area contributed by atoms with Gasteiger partial charge in [0.1, 0.15) is 0 Å². The quantitative estimate of drug-likeness (QED) is 0.654. The number of nitrogens with zero attached hydrogens (tertiary/aromatic N) is 1. The number of likely N-dealkylation sites (tertiary alicyclic amines) is 1. The summed E-state index contributed by atoms with van der Waals surface area (Å²) >= 11 is 0. The maximum Gasteiger partial charge on any atom is 0.00690 e. The Kier molecular flexibility index (Phi) is 4.00. The van der Waals surface area contributed by atoms with Gasteiger partial charge in [0.2, 0.25) is 0 Å². The Hall–Kier alpha value is -0.0400. The molecule has 0 aliphatic carbocycles. The maximum absolute atomic E-state index is 2.55. The molecule has 0 aromatic carbocycles. The molecule has 0 bridgehead atoms. The first kappa shape index (κ1) is 12.0. The van der Waals surface area contributed by atoms with E-state index in [2.05, 4.69) is 39.6 Å². The highest BCUT2D eigenvalue weighted by molar-refractivity contribution is 4.84. The lowest BCUT2D eigenvalue weighted by Crippen LogP contribution is -2.31. The zero-order valence-corrected chi connectivity index (χ0v) is 10.6. The third kappa shape index (κ3) is 3.27. The molecule has 1 nitrogen and oxygen atoms in total. The second-order valence-electron chi connectivity index (χ2n) is 6.02. The summed E-state index contributed by atoms with van der Waals surface area (Å²) in [5.74, 6) is 0.921. The molecule has 0 N–H and O–H groups in total. The third-order valence-corrected chi connectivity index (χ3v) is 3.68. The fourth-order valence-corrected chi connectivity index (χ4v) is 3.07. The van der Waals surface area contributed by atoms with Gasteiger partial charge in [0.25, 0.3) is 0 Å². The summed E-state index contributed by atoms with van der Waals surface area (Å²) in [7, 11) is 2.29. The average Bonchev–Trinajstić information content (AvgIpc) is 2.09. The molecule has 14 heavy (non-hydrogen) atoms. The summed E-state index contributed by atoms with van der Waals surface area (Å²) in [6.07, 6.45) is 5.50. The van der Waals surface area contributed by atoms with Crippen LogP contribution in [-0.2, 0) is 0 Å². The first-order valence-corrected chi connectivity index (χ1v) is 6.15. The van der Waals surface area contributed by atoms with Gasteiger partial charge in [0.15, 0.2) is 0 Å². The molecule has 0 aromatic rings. The van der Waals surface area contributed by atoms with Crippen LogP contribution in [0.1, 0.15) is 53.4 Å². The van der Waals surface area contributed by atoms with E-state index in [1.807, 2.05) is 0 Å². The minimum Gasteiger partial charge on any atom is -0.303 e. The van der Waals surface area contributed by atoms with Gasteiger partial charge in [-0.25, -0.2) is 0 Å². The zero-order valence-electron chi connectivity index (χ0n) is 10.6. The molecule has 0 amide bonds. The van der Waals surface area contributed by atoms with Crippen LogP contribution >= 0.6 is 0 Å². The van der Waals surface area contributed by atoms with Crippen LogP contribution in [0, 0.1) is 11.3 Å². The van der Waals surface area contributed by atoms with Gasteiger partial charge >= 0.3 is 0 Å². The van der Waals surface area contributed by atoms with Crippen molar-refractivity contribution in [3.05, 3.63) is 0 Å². The molecule has 0 radical (unpaired) electrons. The number of hydrogen-bond acceptors (Lipinski definition) is 1. The molecular formula is C13H27N. The molecule has 1 fully saturated rings. The van der Waals surface area contributed by atoms with Gasteiger partial charge in [0.05, 0.1) is 0 Å². The third-order valence-electron chi connectivity index (χ3n) is 3.68. The molecule has 1 heterocycles. The number of rotatable bonds is 2. The van der Waals surface area contributed by atoms with E-state index < -0.39 is 0 Å². The Morgan fingerprint density at radius 3 is 2.50 bits per heavy atom. The highest BCUT2D eigenvalue weighted by Gasteiger charge is 2.31. The second kappa shape index (κ2) is 4.65. The normalized spacial score (nSPS) is 34.1. The van der Waals surface area contributed by atoms with Crippen LogP contribution in [0.15, 0.2) is 0 Å². The Balaban J connectivity index is 2.64. The van der Waals surface area contributed by atoms with E-state index in [-0.39, 0.29) is 0 Å². The van der Waals surface area contributed by atoms with E-state index in [1.165, 1.54) is 32.2 Å². The molecular weight excluding hydrogens is 170 g/mol. The van der Waals surface area contributed by atoms with Crippen molar-refractivity contribution in [1.29, 1.82) is 0 Å². The van der Waals surface area contributed by atoms with Crippen molar-refractivity contribution in [2.45, 2.75) is 59.4 Å². The Morgan fingerprint density at radius 1 is 1.29 bits per heavy atom. The zero-order chi connectivity index (χ0) is 10.8. The van der Waals surface area contributed by atoms with Crippen molar-refractivity contribution in [3.8, 4) is 0 Å². The van der Waals surface area contributed by atoms with Crippen molar-refractivity contribution in [2.24, 2.45) is 11.3 Å². The number of hydrogen-bond donors (Lipinski definition) is 0. The first-order chi connectivity index (χ1) is 6.44. The van der Waals surface area contributed by atoms with Gasteiger partial charge in [0, 0.05) is 12.6 Å². The molecule has 1 rings (SSSR count). The lowest BCUT2D eigenvalue weighted by Gasteiger charge is -2.27. The smallest absolute Gasteiger partial charge is 0.00690 e. The predicted molar refractivity (Wildman–Crippen MR) is 63.5 cm³/mol. The molecule has 2 unspecified atom stereocenters. The summed E-state index contributed by atoms with van der Waals surface area (Å²) in [4.78, 5) is 2.55. The summed E-state index contributed by atoms with van der Waals surface area (Å²) in [5, 5.41) is 0. The topological polar surface area (TPSA) is 3.24 Å². The molecule has 1 aliphatic heterocycles. The molecule has 1 aliphatic rings. The van der Waals surface area contributed by atoms with E-state index in [0.29, 0.717) is 5.41 Å². The van der Waals surface area contributed by atoms with Crippen LogP contribution in [0.25, 0.3) is 0 Å². The van der Waals surface area contributed by atoms with Crippen LogP contribution in [0.3, 0.4) is 0 Å². The van der Waals surface area contributed by atoms with E-state index in [1.54, 1.807) is 0 Å². The van der Waals surface area contributed by atoms with E-state index in [9.17, 15) is 0 Å². The molecule has 1 heteroatoms. The van der Waals surface area contributed by atoms with Gasteiger partial charge in [-0.05, 0) is 44.6 Å². The fourth-order valence-electron chi connectivity index (χ4n) is 3.07. The van der Waals surface area contributed by atoms with Crippen LogP contribution in [0.5, 0.6) is 0 Å². The minimum absolute atomic E-state index is 0.546. The average molecular weight is 197 g/mol. The lowest BCUT2D eigenvalue weighted by molar-refractivity contribution is 0.220. The Labute approximate surface area is 89.9 Å². The second-order valence-corrected chi connectivity index (χ2v) is 6.02. The van der Waals surface area contributed by atoms with E-state index in [0.717, 1.165) is 12.0 Å². The van der Waals surface area contributed by atoms with Crippen LogP contribution in [-0.4, -0.2) is 24.5 Å². The molecule has 0 aromatic heterocycles. The van der Waals surface area contributed by atoms with E-state index in [4.69, 9.17) is 0 Å². The van der Waals surface area contributed by atoms with Crippen LogP contribution in [0.4, 0.5) is 0 Å². The van der Waals surface area contributed by atoms with Gasteiger partial charge in [-0.15, -0.1) is 0 Å². The highest BCUT2D eigenvalue weighted by Crippen LogP contribution is 2.36. The highest BCUT2D eigenvalue weighted by atomic mass is 15.1. The van der Waals surface area contributed by atoms with Crippen molar-refractivity contribution in [1.82, 2.24) is 4.90 Å². The summed E-state index contributed by atoms with van der Waals surface area (Å²) < 4.78 is 0. The Bertz CT molecular complexity index is 174. The van der Waals surface area contributed by atoms with E-state index >= 15 is 0 Å². The summed E-state index contributed by atoms with van der Waals surface area (Å²) in [6, 6.07) is 0.756. The fraction of sp³-hybridized carbons (Fsp3) is 1.00.